The Morgan fingerprint density at radius 3 is 2.45 bits per heavy atom. The van der Waals surface area contributed by atoms with E-state index in [9.17, 15) is 18.0 Å². The van der Waals surface area contributed by atoms with E-state index in [-0.39, 0.29) is 17.7 Å². The van der Waals surface area contributed by atoms with Gasteiger partial charge in [0.05, 0.1) is 22.2 Å². The lowest BCUT2D eigenvalue weighted by molar-refractivity contribution is -0.111. The molecule has 2 aromatic carbocycles. The highest BCUT2D eigenvalue weighted by atomic mass is 35.5. The maximum atomic E-state index is 12.3. The van der Waals surface area contributed by atoms with Crippen molar-refractivity contribution < 1.29 is 18.0 Å². The first-order valence-corrected chi connectivity index (χ1v) is 11.8. The largest absolute Gasteiger partial charge is 0.350 e. The van der Waals surface area contributed by atoms with Crippen molar-refractivity contribution in [2.75, 3.05) is 21.9 Å². The van der Waals surface area contributed by atoms with Crippen LogP contribution in [0, 0.1) is 0 Å². The molecule has 9 heteroatoms. The van der Waals surface area contributed by atoms with Gasteiger partial charge in [-0.3, -0.25) is 13.9 Å². The Bertz CT molecular complexity index is 1110. The minimum absolute atomic E-state index is 0.0129. The Hall–Kier alpha value is -2.84. The zero-order chi connectivity index (χ0) is 22.6. The fourth-order valence-electron chi connectivity index (χ4n) is 3.14. The summed E-state index contributed by atoms with van der Waals surface area (Å²) in [5, 5.41) is 5.77. The molecule has 0 unspecified atom stereocenters. The fourth-order valence-corrected chi connectivity index (χ4v) is 4.86. The molecule has 1 saturated heterocycles. The number of benzene rings is 2. The lowest BCUT2D eigenvalue weighted by atomic mass is 10.1. The molecule has 0 spiro atoms. The Morgan fingerprint density at radius 1 is 1.13 bits per heavy atom. The summed E-state index contributed by atoms with van der Waals surface area (Å²) in [6, 6.07) is 11.6. The topological polar surface area (TPSA) is 95.6 Å². The normalized spacial score (nSPS) is 15.4. The van der Waals surface area contributed by atoms with Crippen LogP contribution in [0.4, 0.5) is 11.4 Å². The highest BCUT2D eigenvalue weighted by Gasteiger charge is 2.28. The minimum atomic E-state index is -3.22. The molecule has 7 nitrogen and oxygen atoms in total. The van der Waals surface area contributed by atoms with E-state index >= 15 is 0 Å². The van der Waals surface area contributed by atoms with E-state index in [2.05, 4.69) is 10.6 Å². The third-order valence-corrected chi connectivity index (χ3v) is 6.81. The molecule has 0 aromatic heterocycles. The number of nitrogens with one attached hydrogen (secondary N) is 2. The van der Waals surface area contributed by atoms with E-state index in [4.69, 9.17) is 11.6 Å². The second kappa shape index (κ2) is 9.53. The van der Waals surface area contributed by atoms with Gasteiger partial charge >= 0.3 is 0 Å². The molecule has 0 aliphatic carbocycles. The van der Waals surface area contributed by atoms with Gasteiger partial charge in [-0.2, -0.15) is 0 Å². The minimum Gasteiger partial charge on any atom is -0.350 e. The van der Waals surface area contributed by atoms with Gasteiger partial charge < -0.3 is 10.6 Å². The van der Waals surface area contributed by atoms with Crippen molar-refractivity contribution in [3.63, 3.8) is 0 Å². The zero-order valence-electron chi connectivity index (χ0n) is 17.3. The molecule has 2 aromatic rings. The summed E-state index contributed by atoms with van der Waals surface area (Å²) in [4.78, 5) is 24.5. The van der Waals surface area contributed by atoms with Crippen LogP contribution in [0.15, 0.2) is 48.5 Å². The van der Waals surface area contributed by atoms with Gasteiger partial charge in [-0.25, -0.2) is 8.42 Å². The standard InChI is InChI=1S/C22H24ClN3O4S/c1-15(2)24-22(28)17-7-10-19(23)20(14-17)25-21(27)11-6-16-4-8-18(9-5-16)26-12-3-13-31(26,29)30/h4-11,14-15H,3,12-13H2,1-2H3,(H,24,28)(H,25,27)/b11-6+. The molecule has 0 saturated carbocycles. The van der Waals surface area contributed by atoms with Crippen molar-refractivity contribution in [2.24, 2.45) is 0 Å². The van der Waals surface area contributed by atoms with Gasteiger partial charge in [0.15, 0.2) is 0 Å². The van der Waals surface area contributed by atoms with Crippen molar-refractivity contribution in [2.45, 2.75) is 26.3 Å². The summed E-state index contributed by atoms with van der Waals surface area (Å²) < 4.78 is 25.4. The molecule has 0 radical (unpaired) electrons. The number of carbonyl (C=O) groups is 2. The second-order valence-corrected chi connectivity index (χ2v) is 9.90. The van der Waals surface area contributed by atoms with Crippen molar-refractivity contribution in [1.82, 2.24) is 5.32 Å². The van der Waals surface area contributed by atoms with E-state index < -0.39 is 15.9 Å². The van der Waals surface area contributed by atoms with Crippen molar-refractivity contribution in [3.05, 3.63) is 64.7 Å². The third kappa shape index (κ3) is 5.86. The van der Waals surface area contributed by atoms with E-state index in [0.29, 0.717) is 34.9 Å². The number of sulfonamides is 1. The summed E-state index contributed by atoms with van der Waals surface area (Å²) in [5.41, 5.74) is 2.08. The predicted octanol–water partition coefficient (Wildman–Crippen LogP) is 3.67. The molecule has 0 atom stereocenters. The number of carbonyl (C=O) groups excluding carboxylic acids is 2. The van der Waals surface area contributed by atoms with Crippen LogP contribution < -0.4 is 14.9 Å². The summed E-state index contributed by atoms with van der Waals surface area (Å²) in [7, 11) is -3.22. The molecule has 1 aliphatic rings. The van der Waals surface area contributed by atoms with Crippen LogP contribution in [0.2, 0.25) is 5.02 Å². The SMILES string of the molecule is CC(C)NC(=O)c1ccc(Cl)c(NC(=O)/C=C/c2ccc(N3CCCS3(=O)=O)cc2)c1. The quantitative estimate of drug-likeness (QED) is 0.641. The number of hydrogen-bond acceptors (Lipinski definition) is 4. The van der Waals surface area contributed by atoms with Crippen LogP contribution in [-0.4, -0.2) is 38.6 Å². The number of rotatable bonds is 6. The first-order valence-electron chi connectivity index (χ1n) is 9.86. The van der Waals surface area contributed by atoms with Gasteiger partial charge in [0, 0.05) is 24.2 Å². The van der Waals surface area contributed by atoms with Gasteiger partial charge in [0.2, 0.25) is 15.9 Å². The van der Waals surface area contributed by atoms with Crippen LogP contribution in [0.25, 0.3) is 6.08 Å². The van der Waals surface area contributed by atoms with E-state index in [0.717, 1.165) is 5.56 Å². The monoisotopic (exact) mass is 461 g/mol. The molecule has 1 aliphatic heterocycles. The number of anilines is 2. The van der Waals surface area contributed by atoms with E-state index in [1.54, 1.807) is 42.5 Å². The van der Waals surface area contributed by atoms with Gasteiger partial charge in [-0.15, -0.1) is 0 Å². The Kier molecular flexibility index (Phi) is 7.02. The molecule has 1 fully saturated rings. The van der Waals surface area contributed by atoms with Crippen LogP contribution in [0.1, 0.15) is 36.2 Å². The summed E-state index contributed by atoms with van der Waals surface area (Å²) in [6.07, 6.45) is 3.58. The number of amides is 2. The van der Waals surface area contributed by atoms with Crippen LogP contribution in [-0.2, 0) is 14.8 Å². The van der Waals surface area contributed by atoms with Gasteiger partial charge in [0.25, 0.3) is 5.91 Å². The van der Waals surface area contributed by atoms with E-state index in [1.165, 1.54) is 16.4 Å². The molecule has 3 rings (SSSR count). The van der Waals surface area contributed by atoms with Crippen LogP contribution >= 0.6 is 11.6 Å². The number of nitrogens with zero attached hydrogens (tertiary/aromatic N) is 1. The first kappa shape index (κ1) is 22.8. The van der Waals surface area contributed by atoms with Crippen molar-refractivity contribution >= 4 is 50.9 Å². The summed E-state index contributed by atoms with van der Waals surface area (Å²) >= 11 is 6.15. The van der Waals surface area contributed by atoms with Crippen LogP contribution in [0.5, 0.6) is 0 Å². The average molecular weight is 462 g/mol. The summed E-state index contributed by atoms with van der Waals surface area (Å²) in [6.45, 7) is 4.20. The molecule has 0 bridgehead atoms. The zero-order valence-corrected chi connectivity index (χ0v) is 18.8. The highest BCUT2D eigenvalue weighted by molar-refractivity contribution is 7.93. The molecule has 164 valence electrons. The van der Waals surface area contributed by atoms with Gasteiger partial charge in [0.1, 0.15) is 0 Å². The smallest absolute Gasteiger partial charge is 0.251 e. The predicted molar refractivity (Wildman–Crippen MR) is 124 cm³/mol. The van der Waals surface area contributed by atoms with Crippen molar-refractivity contribution in [3.8, 4) is 0 Å². The van der Waals surface area contributed by atoms with Gasteiger partial charge in [-0.05, 0) is 62.2 Å². The highest BCUT2D eigenvalue weighted by Crippen LogP contribution is 2.25. The number of hydrogen-bond donors (Lipinski definition) is 2. The lowest BCUT2D eigenvalue weighted by Gasteiger charge is -2.16. The molecular weight excluding hydrogens is 438 g/mol. The Labute approximate surface area is 187 Å². The third-order valence-electron chi connectivity index (χ3n) is 4.61. The summed E-state index contributed by atoms with van der Waals surface area (Å²) in [5.74, 6) is -0.495. The lowest BCUT2D eigenvalue weighted by Crippen LogP contribution is -2.30. The van der Waals surface area contributed by atoms with Crippen LogP contribution in [0.3, 0.4) is 0 Å². The maximum Gasteiger partial charge on any atom is 0.251 e. The fraction of sp³-hybridized carbons (Fsp3) is 0.273. The van der Waals surface area contributed by atoms with E-state index in [1.807, 2.05) is 13.8 Å². The Morgan fingerprint density at radius 2 is 1.84 bits per heavy atom. The molecule has 1 heterocycles. The first-order chi connectivity index (χ1) is 14.7. The second-order valence-electron chi connectivity index (χ2n) is 7.48. The van der Waals surface area contributed by atoms with Crippen molar-refractivity contribution in [1.29, 1.82) is 0 Å². The molecular formula is C22H24ClN3O4S. The van der Waals surface area contributed by atoms with Gasteiger partial charge in [-0.1, -0.05) is 23.7 Å². The maximum absolute atomic E-state index is 12.3. The average Bonchev–Trinajstić information content (AvgIpc) is 3.07. The molecule has 2 N–H and O–H groups in total. The Balaban J connectivity index is 1.66. The number of halogens is 1. The molecule has 31 heavy (non-hydrogen) atoms. The molecule has 2 amide bonds.